The molecule has 0 aliphatic heterocycles. The zero-order valence-corrected chi connectivity index (χ0v) is 19.6. The van der Waals surface area contributed by atoms with Crippen molar-refractivity contribution in [3.8, 4) is 5.69 Å². The molecule has 166 valence electrons. The lowest BCUT2D eigenvalue weighted by molar-refractivity contribution is -0.140. The third-order valence-corrected chi connectivity index (χ3v) is 6.93. The Morgan fingerprint density at radius 3 is 2.38 bits per heavy atom. The number of esters is 1. The molecule has 0 aliphatic rings. The number of carbonyl (C=O) groups is 1. The number of aromatic nitrogens is 4. The van der Waals surface area contributed by atoms with Gasteiger partial charge in [-0.2, -0.15) is 0 Å². The normalized spacial score (nSPS) is 12.7. The zero-order valence-electron chi connectivity index (χ0n) is 18.8. The molecular weight excluding hydrogens is 424 g/mol. The fourth-order valence-corrected chi connectivity index (χ4v) is 4.90. The van der Waals surface area contributed by atoms with Crippen LogP contribution in [0.15, 0.2) is 58.5 Å². The standard InChI is InChI=1S/C24H26N4O3S/c1-14(2)16-10-6-8-12-18(16)27-21(29)17-11-7-9-13-19(17)28-23(27)25-26-24(28)32-20(15(3)4)22(30)31-5/h6-15,20H,1-5H3. The van der Waals surface area contributed by atoms with Crippen molar-refractivity contribution >= 4 is 34.4 Å². The largest absolute Gasteiger partial charge is 0.468 e. The number of hydrogen-bond acceptors (Lipinski definition) is 6. The van der Waals surface area contributed by atoms with Crippen molar-refractivity contribution in [2.75, 3.05) is 7.11 Å². The van der Waals surface area contributed by atoms with Gasteiger partial charge < -0.3 is 4.74 Å². The van der Waals surface area contributed by atoms with Crippen LogP contribution in [0, 0.1) is 5.92 Å². The van der Waals surface area contributed by atoms with Crippen LogP contribution in [0.4, 0.5) is 0 Å². The highest BCUT2D eigenvalue weighted by atomic mass is 32.2. The van der Waals surface area contributed by atoms with Gasteiger partial charge in [0.1, 0.15) is 5.25 Å². The van der Waals surface area contributed by atoms with Gasteiger partial charge in [0, 0.05) is 0 Å². The highest BCUT2D eigenvalue weighted by Gasteiger charge is 2.28. The molecule has 0 saturated heterocycles. The molecule has 0 amide bonds. The van der Waals surface area contributed by atoms with Crippen molar-refractivity contribution in [3.63, 3.8) is 0 Å². The fourth-order valence-electron chi connectivity index (χ4n) is 3.84. The first-order chi connectivity index (χ1) is 15.3. The number of nitrogens with zero attached hydrogens (tertiary/aromatic N) is 4. The van der Waals surface area contributed by atoms with Gasteiger partial charge in [0.2, 0.25) is 5.78 Å². The Bertz CT molecular complexity index is 1360. The van der Waals surface area contributed by atoms with Crippen LogP contribution in [0.5, 0.6) is 0 Å². The molecule has 8 heteroatoms. The van der Waals surface area contributed by atoms with Gasteiger partial charge in [-0.25, -0.2) is 4.57 Å². The Hall–Kier alpha value is -3.13. The number of methoxy groups -OCH3 is 1. The SMILES string of the molecule is COC(=O)C(Sc1nnc2n(-c3ccccc3C(C)C)c(=O)c3ccccc3n12)C(C)C. The molecule has 32 heavy (non-hydrogen) atoms. The molecule has 0 bridgehead atoms. The van der Waals surface area contributed by atoms with Crippen LogP contribution in [0.1, 0.15) is 39.2 Å². The predicted molar refractivity (Wildman–Crippen MR) is 127 cm³/mol. The first-order valence-corrected chi connectivity index (χ1v) is 11.5. The van der Waals surface area contributed by atoms with Crippen molar-refractivity contribution in [2.24, 2.45) is 5.92 Å². The Morgan fingerprint density at radius 2 is 1.69 bits per heavy atom. The monoisotopic (exact) mass is 450 g/mol. The van der Waals surface area contributed by atoms with E-state index in [1.165, 1.54) is 18.9 Å². The van der Waals surface area contributed by atoms with Crippen molar-refractivity contribution < 1.29 is 9.53 Å². The van der Waals surface area contributed by atoms with Gasteiger partial charge in [-0.05, 0) is 35.6 Å². The Morgan fingerprint density at radius 1 is 1.00 bits per heavy atom. The summed E-state index contributed by atoms with van der Waals surface area (Å²) in [6, 6.07) is 15.2. The van der Waals surface area contributed by atoms with Crippen molar-refractivity contribution in [2.45, 2.75) is 44.0 Å². The van der Waals surface area contributed by atoms with Crippen LogP contribution in [0.2, 0.25) is 0 Å². The topological polar surface area (TPSA) is 78.5 Å². The molecule has 0 radical (unpaired) electrons. The molecule has 7 nitrogen and oxygen atoms in total. The zero-order chi connectivity index (χ0) is 23.0. The van der Waals surface area contributed by atoms with E-state index in [2.05, 4.69) is 24.0 Å². The van der Waals surface area contributed by atoms with E-state index in [-0.39, 0.29) is 23.4 Å². The summed E-state index contributed by atoms with van der Waals surface area (Å²) in [5, 5.41) is 9.44. The minimum Gasteiger partial charge on any atom is -0.468 e. The number of carbonyl (C=O) groups excluding carboxylic acids is 1. The second-order valence-corrected chi connectivity index (χ2v) is 9.40. The highest BCUT2D eigenvalue weighted by molar-refractivity contribution is 8.00. The number of hydrogen-bond donors (Lipinski definition) is 0. The molecule has 0 saturated carbocycles. The van der Waals surface area contributed by atoms with E-state index in [0.29, 0.717) is 21.8 Å². The molecule has 0 N–H and O–H groups in total. The maximum Gasteiger partial charge on any atom is 0.319 e. The van der Waals surface area contributed by atoms with Gasteiger partial charge in [-0.3, -0.25) is 14.0 Å². The number of benzene rings is 2. The fraction of sp³-hybridized carbons (Fsp3) is 0.333. The van der Waals surface area contributed by atoms with E-state index in [1.807, 2.05) is 60.7 Å². The third-order valence-electron chi connectivity index (χ3n) is 5.47. The first-order valence-electron chi connectivity index (χ1n) is 10.6. The summed E-state index contributed by atoms with van der Waals surface area (Å²) in [5.41, 5.74) is 2.36. The lowest BCUT2D eigenvalue weighted by Crippen LogP contribution is -2.25. The molecule has 1 unspecified atom stereocenters. The van der Waals surface area contributed by atoms with Crippen LogP contribution >= 0.6 is 11.8 Å². The molecule has 1 atom stereocenters. The van der Waals surface area contributed by atoms with Gasteiger partial charge in [-0.1, -0.05) is 69.8 Å². The number of para-hydroxylation sites is 2. The van der Waals surface area contributed by atoms with Gasteiger partial charge in [-0.15, -0.1) is 10.2 Å². The summed E-state index contributed by atoms with van der Waals surface area (Å²) < 4.78 is 8.48. The average molecular weight is 451 g/mol. The number of ether oxygens (including phenoxy) is 1. The lowest BCUT2D eigenvalue weighted by atomic mass is 10.0. The van der Waals surface area contributed by atoms with Crippen LogP contribution in [0.25, 0.3) is 22.4 Å². The third kappa shape index (κ3) is 3.68. The van der Waals surface area contributed by atoms with Gasteiger partial charge >= 0.3 is 5.97 Å². The molecule has 4 aromatic rings. The molecule has 0 spiro atoms. The smallest absolute Gasteiger partial charge is 0.319 e. The van der Waals surface area contributed by atoms with E-state index >= 15 is 0 Å². The van der Waals surface area contributed by atoms with Gasteiger partial charge in [0.05, 0.1) is 23.7 Å². The number of fused-ring (bicyclic) bond motifs is 3. The van der Waals surface area contributed by atoms with Crippen LogP contribution in [-0.4, -0.2) is 37.5 Å². The number of thioether (sulfide) groups is 1. The lowest BCUT2D eigenvalue weighted by Gasteiger charge is -2.18. The average Bonchev–Trinajstić information content (AvgIpc) is 3.20. The summed E-state index contributed by atoms with van der Waals surface area (Å²) in [7, 11) is 1.39. The van der Waals surface area contributed by atoms with Crippen LogP contribution < -0.4 is 5.56 Å². The second-order valence-electron chi connectivity index (χ2n) is 8.29. The summed E-state index contributed by atoms with van der Waals surface area (Å²) in [5.74, 6) is 0.339. The predicted octanol–water partition coefficient (Wildman–Crippen LogP) is 4.45. The summed E-state index contributed by atoms with van der Waals surface area (Å²) in [6.07, 6.45) is 0. The molecule has 0 aliphatic carbocycles. The number of rotatable bonds is 6. The van der Waals surface area contributed by atoms with Crippen molar-refractivity contribution in [3.05, 3.63) is 64.4 Å². The second kappa shape index (κ2) is 8.78. The Balaban J connectivity index is 2.05. The van der Waals surface area contributed by atoms with E-state index in [9.17, 15) is 9.59 Å². The molecule has 2 heterocycles. The van der Waals surface area contributed by atoms with E-state index in [0.717, 1.165) is 11.3 Å². The first kappa shape index (κ1) is 22.1. The molecule has 0 fully saturated rings. The van der Waals surface area contributed by atoms with Crippen molar-refractivity contribution in [1.82, 2.24) is 19.2 Å². The van der Waals surface area contributed by atoms with Gasteiger partial charge in [0.15, 0.2) is 5.16 Å². The van der Waals surface area contributed by atoms with E-state index < -0.39 is 5.25 Å². The van der Waals surface area contributed by atoms with Crippen molar-refractivity contribution in [1.29, 1.82) is 0 Å². The van der Waals surface area contributed by atoms with E-state index in [1.54, 1.807) is 10.6 Å². The van der Waals surface area contributed by atoms with Crippen LogP contribution in [0.3, 0.4) is 0 Å². The minimum atomic E-state index is -0.450. The maximum absolute atomic E-state index is 13.6. The molecule has 2 aromatic carbocycles. The highest BCUT2D eigenvalue weighted by Crippen LogP contribution is 2.31. The summed E-state index contributed by atoms with van der Waals surface area (Å²) >= 11 is 1.30. The molecule has 2 aromatic heterocycles. The summed E-state index contributed by atoms with van der Waals surface area (Å²) in [6.45, 7) is 8.11. The maximum atomic E-state index is 13.6. The Labute approximate surface area is 190 Å². The molecule has 4 rings (SSSR count). The molecular formula is C24H26N4O3S. The van der Waals surface area contributed by atoms with Crippen LogP contribution in [-0.2, 0) is 9.53 Å². The quantitative estimate of drug-likeness (QED) is 0.319. The Kier molecular flexibility index (Phi) is 6.06. The van der Waals surface area contributed by atoms with Gasteiger partial charge in [0.25, 0.3) is 5.56 Å². The minimum absolute atomic E-state index is 0.0265. The van der Waals surface area contributed by atoms with E-state index in [4.69, 9.17) is 4.74 Å². The summed E-state index contributed by atoms with van der Waals surface area (Å²) in [4.78, 5) is 26.0.